The second-order valence-electron chi connectivity index (χ2n) is 5.33. The van der Waals surface area contributed by atoms with E-state index >= 15 is 0 Å². The number of aliphatic carboxylic acids is 1. The van der Waals surface area contributed by atoms with Crippen LogP contribution >= 0.6 is 11.6 Å². The molecule has 1 saturated heterocycles. The van der Waals surface area contributed by atoms with Gasteiger partial charge in [0.25, 0.3) is 5.69 Å². The van der Waals surface area contributed by atoms with Gasteiger partial charge in [-0.15, -0.1) is 0 Å². The van der Waals surface area contributed by atoms with Crippen molar-refractivity contribution in [1.29, 1.82) is 0 Å². The van der Waals surface area contributed by atoms with Crippen LogP contribution in [0, 0.1) is 16.0 Å². The van der Waals surface area contributed by atoms with Crippen LogP contribution in [0.5, 0.6) is 0 Å². The van der Waals surface area contributed by atoms with Crippen LogP contribution in [0.4, 0.5) is 5.69 Å². The molecule has 1 aromatic rings. The average Bonchev–Trinajstić information content (AvgIpc) is 2.42. The molecular weight excluding hydrogens is 296 g/mol. The summed E-state index contributed by atoms with van der Waals surface area (Å²) in [6, 6.07) is 4.31. The number of rotatable bonds is 4. The Morgan fingerprint density at radius 3 is 2.86 bits per heavy atom. The second kappa shape index (κ2) is 6.41. The molecule has 1 aliphatic rings. The number of benzene rings is 1. The standard InChI is InChI=1S/C14H17ClN2O4/c1-9-12(14(18)19)3-2-6-16(9)8-10-4-5-11(17(20)21)7-13(10)15/h4-5,7,9,12H,2-3,6,8H2,1H3,(H,18,19)/t9-,12-/m1/s1. The van der Waals surface area contributed by atoms with Gasteiger partial charge >= 0.3 is 5.97 Å². The van der Waals surface area contributed by atoms with Crippen molar-refractivity contribution in [3.8, 4) is 0 Å². The smallest absolute Gasteiger partial charge is 0.308 e. The maximum atomic E-state index is 11.2. The molecule has 1 aliphatic heterocycles. The predicted octanol–water partition coefficient (Wildman–Crippen LogP) is 2.93. The molecule has 7 heteroatoms. The Morgan fingerprint density at radius 2 is 2.29 bits per heavy atom. The first kappa shape index (κ1) is 15.7. The van der Waals surface area contributed by atoms with Crippen molar-refractivity contribution in [3.05, 3.63) is 38.9 Å². The summed E-state index contributed by atoms with van der Waals surface area (Å²) in [5.41, 5.74) is 0.735. The number of carbonyl (C=O) groups is 1. The lowest BCUT2D eigenvalue weighted by atomic mass is 9.90. The minimum absolute atomic E-state index is 0.0427. The Hall–Kier alpha value is -1.66. The van der Waals surface area contributed by atoms with E-state index in [9.17, 15) is 20.0 Å². The lowest BCUT2D eigenvalue weighted by Crippen LogP contribution is -2.45. The number of nitro benzene ring substituents is 1. The number of halogens is 1. The van der Waals surface area contributed by atoms with Gasteiger partial charge < -0.3 is 5.11 Å². The van der Waals surface area contributed by atoms with Gasteiger partial charge in [-0.25, -0.2) is 0 Å². The Morgan fingerprint density at radius 1 is 1.57 bits per heavy atom. The van der Waals surface area contributed by atoms with E-state index < -0.39 is 10.9 Å². The van der Waals surface area contributed by atoms with Gasteiger partial charge in [0.1, 0.15) is 0 Å². The van der Waals surface area contributed by atoms with Crippen molar-refractivity contribution in [2.45, 2.75) is 32.4 Å². The van der Waals surface area contributed by atoms with Crippen LogP contribution in [0.1, 0.15) is 25.3 Å². The number of hydrogen-bond donors (Lipinski definition) is 1. The van der Waals surface area contributed by atoms with Gasteiger partial charge in [0.15, 0.2) is 0 Å². The zero-order valence-electron chi connectivity index (χ0n) is 11.7. The van der Waals surface area contributed by atoms with E-state index in [1.807, 2.05) is 6.92 Å². The van der Waals surface area contributed by atoms with E-state index in [1.54, 1.807) is 6.07 Å². The molecule has 21 heavy (non-hydrogen) atoms. The number of nitro groups is 1. The Balaban J connectivity index is 2.14. The van der Waals surface area contributed by atoms with Crippen LogP contribution in [0.25, 0.3) is 0 Å². The molecule has 2 rings (SSSR count). The van der Waals surface area contributed by atoms with Crippen molar-refractivity contribution < 1.29 is 14.8 Å². The zero-order chi connectivity index (χ0) is 15.6. The normalized spacial score (nSPS) is 23.0. The van der Waals surface area contributed by atoms with Crippen LogP contribution in [-0.2, 0) is 11.3 Å². The lowest BCUT2D eigenvalue weighted by molar-refractivity contribution is -0.384. The molecule has 0 spiro atoms. The van der Waals surface area contributed by atoms with Crippen molar-refractivity contribution in [3.63, 3.8) is 0 Å². The largest absolute Gasteiger partial charge is 0.481 e. The molecule has 1 aromatic carbocycles. The molecule has 0 unspecified atom stereocenters. The summed E-state index contributed by atoms with van der Waals surface area (Å²) in [5.74, 6) is -1.16. The van der Waals surface area contributed by atoms with E-state index in [-0.39, 0.29) is 17.6 Å². The van der Waals surface area contributed by atoms with Gasteiger partial charge in [-0.1, -0.05) is 11.6 Å². The average molecular weight is 313 g/mol. The highest BCUT2D eigenvalue weighted by Gasteiger charge is 2.32. The van der Waals surface area contributed by atoms with E-state index in [2.05, 4.69) is 4.90 Å². The number of likely N-dealkylation sites (tertiary alicyclic amines) is 1. The molecule has 0 aromatic heterocycles. The summed E-state index contributed by atoms with van der Waals surface area (Å²) >= 11 is 6.09. The number of hydrogen-bond acceptors (Lipinski definition) is 4. The van der Waals surface area contributed by atoms with Crippen LogP contribution in [0.15, 0.2) is 18.2 Å². The monoisotopic (exact) mass is 312 g/mol. The third-order valence-electron chi connectivity index (χ3n) is 4.06. The molecule has 6 nitrogen and oxygen atoms in total. The number of carboxylic acids is 1. The lowest BCUT2D eigenvalue weighted by Gasteiger charge is -2.37. The highest BCUT2D eigenvalue weighted by molar-refractivity contribution is 6.31. The first-order valence-corrected chi connectivity index (χ1v) is 7.17. The molecule has 0 amide bonds. The quantitative estimate of drug-likeness (QED) is 0.682. The third kappa shape index (κ3) is 3.51. The first-order chi connectivity index (χ1) is 9.90. The number of nitrogens with zero attached hydrogens (tertiary/aromatic N) is 2. The summed E-state index contributed by atoms with van der Waals surface area (Å²) in [6.45, 7) is 3.21. The van der Waals surface area contributed by atoms with Crippen LogP contribution < -0.4 is 0 Å². The van der Waals surface area contributed by atoms with E-state index in [4.69, 9.17) is 11.6 Å². The molecule has 0 saturated carbocycles. The minimum Gasteiger partial charge on any atom is -0.481 e. The molecule has 0 aliphatic carbocycles. The third-order valence-corrected chi connectivity index (χ3v) is 4.41. The molecule has 114 valence electrons. The summed E-state index contributed by atoms with van der Waals surface area (Å²) in [5, 5.41) is 20.3. The Kier molecular flexibility index (Phi) is 4.80. The number of carboxylic acid groups (broad SMARTS) is 1. The number of non-ortho nitro benzene ring substituents is 1. The van der Waals surface area contributed by atoms with Gasteiger partial charge in [0.05, 0.1) is 15.9 Å². The highest BCUT2D eigenvalue weighted by Crippen LogP contribution is 2.28. The molecule has 0 radical (unpaired) electrons. The van der Waals surface area contributed by atoms with Crippen LogP contribution in [0.2, 0.25) is 5.02 Å². The van der Waals surface area contributed by atoms with E-state index in [0.29, 0.717) is 18.0 Å². The van der Waals surface area contributed by atoms with Crippen molar-refractivity contribution in [2.75, 3.05) is 6.54 Å². The van der Waals surface area contributed by atoms with Crippen molar-refractivity contribution >= 4 is 23.3 Å². The molecule has 1 fully saturated rings. The Labute approximate surface area is 127 Å². The van der Waals surface area contributed by atoms with Gasteiger partial charge in [0.2, 0.25) is 0 Å². The SMILES string of the molecule is C[C@@H]1[C@H](C(=O)O)CCCN1Cc1ccc([N+](=O)[O-])cc1Cl. The van der Waals surface area contributed by atoms with Gasteiger partial charge in [-0.3, -0.25) is 19.8 Å². The minimum atomic E-state index is -0.776. The topological polar surface area (TPSA) is 83.7 Å². The van der Waals surface area contributed by atoms with Gasteiger partial charge in [-0.2, -0.15) is 0 Å². The van der Waals surface area contributed by atoms with Crippen LogP contribution in [-0.4, -0.2) is 33.5 Å². The summed E-state index contributed by atoms with van der Waals surface area (Å²) in [4.78, 5) is 23.5. The summed E-state index contributed by atoms with van der Waals surface area (Å²) in [7, 11) is 0. The zero-order valence-corrected chi connectivity index (χ0v) is 12.4. The second-order valence-corrected chi connectivity index (χ2v) is 5.74. The molecular formula is C14H17ClN2O4. The van der Waals surface area contributed by atoms with E-state index in [1.165, 1.54) is 12.1 Å². The molecule has 0 bridgehead atoms. The highest BCUT2D eigenvalue weighted by atomic mass is 35.5. The number of piperidine rings is 1. The Bertz CT molecular complexity index is 564. The maximum absolute atomic E-state index is 11.2. The fourth-order valence-corrected chi connectivity index (χ4v) is 3.00. The van der Waals surface area contributed by atoms with Gasteiger partial charge in [0, 0.05) is 24.7 Å². The first-order valence-electron chi connectivity index (χ1n) is 6.80. The molecule has 1 heterocycles. The summed E-state index contributed by atoms with van der Waals surface area (Å²) in [6.07, 6.45) is 1.51. The summed E-state index contributed by atoms with van der Waals surface area (Å²) < 4.78 is 0. The fraction of sp³-hybridized carbons (Fsp3) is 0.500. The molecule has 2 atom stereocenters. The predicted molar refractivity (Wildman–Crippen MR) is 78.3 cm³/mol. The molecule has 1 N–H and O–H groups in total. The van der Waals surface area contributed by atoms with Crippen molar-refractivity contribution in [1.82, 2.24) is 4.90 Å². The van der Waals surface area contributed by atoms with Gasteiger partial charge in [-0.05, 0) is 37.9 Å². The van der Waals surface area contributed by atoms with Crippen molar-refractivity contribution in [2.24, 2.45) is 5.92 Å². The fourth-order valence-electron chi connectivity index (χ4n) is 2.76. The van der Waals surface area contributed by atoms with Crippen LogP contribution in [0.3, 0.4) is 0 Å². The maximum Gasteiger partial charge on any atom is 0.308 e. The van der Waals surface area contributed by atoms with E-state index in [0.717, 1.165) is 18.5 Å².